The van der Waals surface area contributed by atoms with Gasteiger partial charge in [0, 0.05) is 5.92 Å². The number of esters is 1. The van der Waals surface area contributed by atoms with Crippen molar-refractivity contribution >= 4 is 5.97 Å². The van der Waals surface area contributed by atoms with Gasteiger partial charge in [0.1, 0.15) is 18.3 Å². The van der Waals surface area contributed by atoms with Crippen LogP contribution in [0.3, 0.4) is 0 Å². The van der Waals surface area contributed by atoms with Gasteiger partial charge in [0.25, 0.3) is 0 Å². The fraction of sp³-hybridized carbons (Fsp3) is 0.452. The van der Waals surface area contributed by atoms with E-state index in [0.717, 1.165) is 16.7 Å². The zero-order valence-electron chi connectivity index (χ0n) is 22.6. The first-order chi connectivity index (χ1) is 17.6. The van der Waals surface area contributed by atoms with E-state index in [2.05, 4.69) is 6.58 Å². The summed E-state index contributed by atoms with van der Waals surface area (Å²) in [6.45, 7) is 13.9. The summed E-state index contributed by atoms with van der Waals surface area (Å²) in [6, 6.07) is 15.0. The van der Waals surface area contributed by atoms with E-state index in [0.29, 0.717) is 18.6 Å². The number of aliphatic hydroxyl groups is 1. The molecule has 0 saturated carbocycles. The maximum absolute atomic E-state index is 12.6. The van der Waals surface area contributed by atoms with Gasteiger partial charge in [-0.25, -0.2) is 4.79 Å². The van der Waals surface area contributed by atoms with Crippen molar-refractivity contribution in [1.29, 1.82) is 0 Å². The van der Waals surface area contributed by atoms with Gasteiger partial charge in [-0.2, -0.15) is 0 Å². The third-order valence-corrected chi connectivity index (χ3v) is 6.52. The van der Waals surface area contributed by atoms with Crippen LogP contribution >= 0.6 is 0 Å². The van der Waals surface area contributed by atoms with Gasteiger partial charge < -0.3 is 24.1 Å². The van der Waals surface area contributed by atoms with Crippen LogP contribution in [0.1, 0.15) is 61.2 Å². The molecule has 0 amide bonds. The molecule has 2 aromatic carbocycles. The van der Waals surface area contributed by atoms with Crippen LogP contribution in [0.5, 0.6) is 0 Å². The molecular formula is C31H40O6. The number of aliphatic hydroxyl groups excluding tert-OH is 1. The summed E-state index contributed by atoms with van der Waals surface area (Å²) in [6.07, 6.45) is 5.18. The van der Waals surface area contributed by atoms with Crippen LogP contribution in [0.4, 0.5) is 0 Å². The molecule has 37 heavy (non-hydrogen) atoms. The summed E-state index contributed by atoms with van der Waals surface area (Å²) < 4.78 is 24.5. The van der Waals surface area contributed by atoms with Gasteiger partial charge in [0.15, 0.2) is 5.79 Å². The Morgan fingerprint density at radius 2 is 1.70 bits per heavy atom. The lowest BCUT2D eigenvalue weighted by Crippen LogP contribution is -2.36. The standard InChI is InChI=1S/C31H40O6/c1-7-8-28-29(37-31(5,6)36-28)27(34-20-25-14-12-24(19-32)13-15-25)18-11-22(3)23(4)35-30(33)26-16-9-21(2)10-17-26/h7,9-18,22-23,27-29,32H,1,8,19-20H2,2-6H3/b18-11-/t22-,23+,27-,28+,29-/m1/s1. The summed E-state index contributed by atoms with van der Waals surface area (Å²) in [4.78, 5) is 12.6. The number of rotatable bonds is 12. The second kappa shape index (κ2) is 13.2. The van der Waals surface area contributed by atoms with E-state index in [9.17, 15) is 9.90 Å². The molecule has 3 rings (SSSR count). The molecule has 0 radical (unpaired) electrons. The fourth-order valence-electron chi connectivity index (χ4n) is 4.16. The Bertz CT molecular complexity index is 1040. The Morgan fingerprint density at radius 3 is 2.32 bits per heavy atom. The Morgan fingerprint density at radius 1 is 1.05 bits per heavy atom. The highest BCUT2D eigenvalue weighted by atomic mass is 16.8. The van der Waals surface area contributed by atoms with Crippen molar-refractivity contribution in [3.8, 4) is 0 Å². The third-order valence-electron chi connectivity index (χ3n) is 6.52. The molecule has 2 aromatic rings. The molecule has 1 heterocycles. The summed E-state index contributed by atoms with van der Waals surface area (Å²) in [5.74, 6) is -1.14. The second-order valence-corrected chi connectivity index (χ2v) is 10.1. The van der Waals surface area contributed by atoms with Crippen molar-refractivity contribution in [3.63, 3.8) is 0 Å². The van der Waals surface area contributed by atoms with E-state index < -0.39 is 11.9 Å². The van der Waals surface area contributed by atoms with Gasteiger partial charge in [-0.05, 0) is 57.4 Å². The third kappa shape index (κ3) is 8.37. The van der Waals surface area contributed by atoms with Crippen molar-refractivity contribution in [1.82, 2.24) is 0 Å². The zero-order valence-corrected chi connectivity index (χ0v) is 22.6. The lowest BCUT2D eigenvalue weighted by molar-refractivity contribution is -0.156. The molecule has 200 valence electrons. The number of ether oxygens (including phenoxy) is 4. The van der Waals surface area contributed by atoms with Gasteiger partial charge in [0.05, 0.1) is 24.9 Å². The van der Waals surface area contributed by atoms with Gasteiger partial charge in [0.2, 0.25) is 0 Å². The van der Waals surface area contributed by atoms with Crippen LogP contribution in [0.15, 0.2) is 73.3 Å². The molecule has 1 aliphatic heterocycles. The smallest absolute Gasteiger partial charge is 0.338 e. The van der Waals surface area contributed by atoms with E-state index in [1.54, 1.807) is 12.1 Å². The summed E-state index contributed by atoms with van der Waals surface area (Å²) in [5, 5.41) is 9.31. The van der Waals surface area contributed by atoms with Crippen molar-refractivity contribution in [3.05, 3.63) is 95.6 Å². The van der Waals surface area contributed by atoms with E-state index in [1.165, 1.54) is 0 Å². The average Bonchev–Trinajstić information content (AvgIpc) is 3.18. The minimum Gasteiger partial charge on any atom is -0.458 e. The van der Waals surface area contributed by atoms with E-state index in [4.69, 9.17) is 18.9 Å². The molecule has 6 heteroatoms. The molecule has 0 bridgehead atoms. The second-order valence-electron chi connectivity index (χ2n) is 10.1. The highest BCUT2D eigenvalue weighted by Gasteiger charge is 2.44. The van der Waals surface area contributed by atoms with Crippen LogP contribution in [0.2, 0.25) is 0 Å². The number of aryl methyl sites for hydroxylation is 1. The SMILES string of the molecule is C=CC[C@@H]1OC(C)(C)O[C@@H]1[C@@H](/C=C\[C@@H](C)[C@H](C)OC(=O)c1ccc(C)cc1)OCc1ccc(CO)cc1. The normalized spacial score (nSPS) is 21.5. The first-order valence-corrected chi connectivity index (χ1v) is 12.8. The molecule has 0 unspecified atom stereocenters. The Hall–Kier alpha value is -2.77. The number of hydrogen-bond donors (Lipinski definition) is 1. The molecule has 0 aliphatic carbocycles. The molecule has 0 aromatic heterocycles. The molecule has 1 saturated heterocycles. The quantitative estimate of drug-likeness (QED) is 0.284. The van der Waals surface area contributed by atoms with Gasteiger partial charge in [-0.3, -0.25) is 0 Å². The number of benzene rings is 2. The van der Waals surface area contributed by atoms with Crippen LogP contribution in [0, 0.1) is 12.8 Å². The molecular weight excluding hydrogens is 468 g/mol. The van der Waals surface area contributed by atoms with Crippen molar-refractivity contribution < 1.29 is 28.8 Å². The van der Waals surface area contributed by atoms with Crippen LogP contribution in [-0.4, -0.2) is 41.3 Å². The van der Waals surface area contributed by atoms with Crippen LogP contribution < -0.4 is 0 Å². The number of hydrogen-bond acceptors (Lipinski definition) is 6. The molecule has 6 nitrogen and oxygen atoms in total. The zero-order chi connectivity index (χ0) is 27.0. The van der Waals surface area contributed by atoms with Crippen molar-refractivity contribution in [2.45, 2.75) is 84.5 Å². The minimum atomic E-state index is -0.737. The van der Waals surface area contributed by atoms with Crippen LogP contribution in [-0.2, 0) is 32.2 Å². The molecule has 1 N–H and O–H groups in total. The van der Waals surface area contributed by atoms with E-state index >= 15 is 0 Å². The molecule has 1 aliphatic rings. The summed E-state index contributed by atoms with van der Waals surface area (Å²) in [7, 11) is 0. The Kier molecular flexibility index (Phi) is 10.2. The van der Waals surface area contributed by atoms with Crippen LogP contribution in [0.25, 0.3) is 0 Å². The topological polar surface area (TPSA) is 74.2 Å². The van der Waals surface area contributed by atoms with Gasteiger partial charge >= 0.3 is 5.97 Å². The number of carbonyl (C=O) groups is 1. The molecule has 5 atom stereocenters. The predicted octanol–water partition coefficient (Wildman–Crippen LogP) is 5.91. The average molecular weight is 509 g/mol. The van der Waals surface area contributed by atoms with Crippen molar-refractivity contribution in [2.24, 2.45) is 5.92 Å². The maximum atomic E-state index is 12.6. The minimum absolute atomic E-state index is 0.00261. The van der Waals surface area contributed by atoms with E-state index in [-0.39, 0.29) is 36.8 Å². The monoisotopic (exact) mass is 508 g/mol. The van der Waals surface area contributed by atoms with Crippen molar-refractivity contribution in [2.75, 3.05) is 0 Å². The highest BCUT2D eigenvalue weighted by Crippen LogP contribution is 2.34. The Balaban J connectivity index is 1.72. The van der Waals surface area contributed by atoms with Gasteiger partial charge in [-0.1, -0.05) is 67.1 Å². The van der Waals surface area contributed by atoms with E-state index in [1.807, 2.05) is 89.2 Å². The Labute approximate surface area is 220 Å². The first kappa shape index (κ1) is 28.8. The highest BCUT2D eigenvalue weighted by molar-refractivity contribution is 5.89. The summed E-state index contributed by atoms with van der Waals surface area (Å²) >= 11 is 0. The number of carbonyl (C=O) groups excluding carboxylic acids is 1. The predicted molar refractivity (Wildman–Crippen MR) is 144 cm³/mol. The summed E-state index contributed by atoms with van der Waals surface area (Å²) in [5.41, 5.74) is 3.46. The first-order valence-electron chi connectivity index (χ1n) is 12.8. The lowest BCUT2D eigenvalue weighted by Gasteiger charge is -2.25. The maximum Gasteiger partial charge on any atom is 0.338 e. The fourth-order valence-corrected chi connectivity index (χ4v) is 4.16. The molecule has 1 fully saturated rings. The van der Waals surface area contributed by atoms with Gasteiger partial charge in [-0.15, -0.1) is 6.58 Å². The molecule has 0 spiro atoms. The lowest BCUT2D eigenvalue weighted by atomic mass is 10.0. The largest absolute Gasteiger partial charge is 0.458 e.